The molecule has 1 saturated carbocycles. The number of carbonyl (C=O) groups excluding carboxylic acids is 1. The average Bonchev–Trinajstić information content (AvgIpc) is 2.69. The van der Waals surface area contributed by atoms with E-state index in [4.69, 9.17) is 5.73 Å². The van der Waals surface area contributed by atoms with Crippen LogP contribution in [0, 0.1) is 11.3 Å². The Kier molecular flexibility index (Phi) is 4.78. The first-order chi connectivity index (χ1) is 7.44. The molecule has 0 heterocycles. The summed E-state index contributed by atoms with van der Waals surface area (Å²) in [5.74, 6) is 0.921. The zero-order chi connectivity index (χ0) is 12.2. The predicted molar refractivity (Wildman–Crippen MR) is 67.0 cm³/mol. The predicted octanol–water partition coefficient (Wildman–Crippen LogP) is 2.01. The van der Waals surface area contributed by atoms with Crippen LogP contribution in [0.2, 0.25) is 0 Å². The van der Waals surface area contributed by atoms with Gasteiger partial charge < -0.3 is 10.6 Å². The second kappa shape index (κ2) is 5.67. The zero-order valence-electron chi connectivity index (χ0n) is 11.0. The third-order valence-electron chi connectivity index (χ3n) is 3.58. The lowest BCUT2D eigenvalue weighted by Crippen LogP contribution is -2.40. The molecular weight excluding hydrogens is 200 g/mol. The highest BCUT2D eigenvalue weighted by atomic mass is 16.2. The largest absolute Gasteiger partial charge is 0.345 e. The van der Waals surface area contributed by atoms with Crippen molar-refractivity contribution in [2.24, 2.45) is 17.1 Å². The topological polar surface area (TPSA) is 46.3 Å². The van der Waals surface area contributed by atoms with E-state index in [1.165, 1.54) is 25.7 Å². The molecule has 3 nitrogen and oxygen atoms in total. The fourth-order valence-corrected chi connectivity index (χ4v) is 2.41. The van der Waals surface area contributed by atoms with Crippen LogP contribution in [0.25, 0.3) is 0 Å². The van der Waals surface area contributed by atoms with Crippen molar-refractivity contribution < 1.29 is 4.79 Å². The van der Waals surface area contributed by atoms with Crippen molar-refractivity contribution >= 4 is 5.91 Å². The van der Waals surface area contributed by atoms with Crippen molar-refractivity contribution in [2.45, 2.75) is 46.0 Å². The smallest absolute Gasteiger partial charge is 0.222 e. The SMILES string of the molecule is CN(CC(C)(C)CN)C(=O)CC1CCCC1. The summed E-state index contributed by atoms with van der Waals surface area (Å²) >= 11 is 0. The van der Waals surface area contributed by atoms with Gasteiger partial charge in [0.2, 0.25) is 5.91 Å². The third-order valence-corrected chi connectivity index (χ3v) is 3.58. The Morgan fingerprint density at radius 2 is 1.94 bits per heavy atom. The molecule has 94 valence electrons. The maximum atomic E-state index is 12.0. The second-order valence-electron chi connectivity index (χ2n) is 5.97. The van der Waals surface area contributed by atoms with Crippen LogP contribution < -0.4 is 5.73 Å². The summed E-state index contributed by atoms with van der Waals surface area (Å²) in [6.07, 6.45) is 5.81. The van der Waals surface area contributed by atoms with E-state index in [0.29, 0.717) is 12.5 Å². The van der Waals surface area contributed by atoms with Crippen LogP contribution in [0.4, 0.5) is 0 Å². The quantitative estimate of drug-likeness (QED) is 0.779. The highest BCUT2D eigenvalue weighted by Crippen LogP contribution is 2.28. The Morgan fingerprint density at radius 3 is 2.44 bits per heavy atom. The Balaban J connectivity index is 2.35. The molecule has 0 aromatic heterocycles. The molecule has 16 heavy (non-hydrogen) atoms. The van der Waals surface area contributed by atoms with E-state index in [1.54, 1.807) is 0 Å². The van der Waals surface area contributed by atoms with Gasteiger partial charge in [0.1, 0.15) is 0 Å². The van der Waals surface area contributed by atoms with Crippen molar-refractivity contribution in [3.05, 3.63) is 0 Å². The maximum Gasteiger partial charge on any atom is 0.222 e. The molecule has 0 saturated heterocycles. The zero-order valence-corrected chi connectivity index (χ0v) is 11.0. The van der Waals surface area contributed by atoms with Gasteiger partial charge >= 0.3 is 0 Å². The summed E-state index contributed by atoms with van der Waals surface area (Å²) < 4.78 is 0. The Bertz CT molecular complexity index is 232. The summed E-state index contributed by atoms with van der Waals surface area (Å²) in [6.45, 7) is 5.59. The number of nitrogens with two attached hydrogens (primary N) is 1. The Labute approximate surface area is 99.4 Å². The normalized spacial score (nSPS) is 17.8. The van der Waals surface area contributed by atoms with Gasteiger partial charge in [-0.25, -0.2) is 0 Å². The van der Waals surface area contributed by atoms with Crippen molar-refractivity contribution in [2.75, 3.05) is 20.1 Å². The minimum atomic E-state index is 0.0279. The summed E-state index contributed by atoms with van der Waals surface area (Å²) in [5.41, 5.74) is 5.71. The number of hydrogen-bond acceptors (Lipinski definition) is 2. The van der Waals surface area contributed by atoms with Crippen molar-refractivity contribution in [1.29, 1.82) is 0 Å². The minimum absolute atomic E-state index is 0.0279. The van der Waals surface area contributed by atoms with Crippen molar-refractivity contribution in [3.8, 4) is 0 Å². The van der Waals surface area contributed by atoms with Gasteiger partial charge in [0.25, 0.3) is 0 Å². The van der Waals surface area contributed by atoms with Crippen LogP contribution in [-0.2, 0) is 4.79 Å². The summed E-state index contributed by atoms with van der Waals surface area (Å²) in [4.78, 5) is 13.8. The first-order valence-electron chi connectivity index (χ1n) is 6.38. The van der Waals surface area contributed by atoms with Gasteiger partial charge in [-0.1, -0.05) is 26.7 Å². The molecule has 1 fully saturated rings. The first kappa shape index (κ1) is 13.5. The first-order valence-corrected chi connectivity index (χ1v) is 6.38. The minimum Gasteiger partial charge on any atom is -0.345 e. The second-order valence-corrected chi connectivity index (χ2v) is 5.97. The lowest BCUT2D eigenvalue weighted by atomic mass is 9.93. The number of carbonyl (C=O) groups is 1. The van der Waals surface area contributed by atoms with E-state index in [2.05, 4.69) is 13.8 Å². The van der Waals surface area contributed by atoms with Gasteiger partial charge in [0.15, 0.2) is 0 Å². The molecule has 0 spiro atoms. The van der Waals surface area contributed by atoms with Crippen LogP contribution in [0.5, 0.6) is 0 Å². The molecule has 0 aromatic carbocycles. The maximum absolute atomic E-state index is 12.0. The van der Waals surface area contributed by atoms with Gasteiger partial charge in [-0.15, -0.1) is 0 Å². The number of nitrogens with zero attached hydrogens (tertiary/aromatic N) is 1. The van der Waals surface area contributed by atoms with Crippen LogP contribution >= 0.6 is 0 Å². The lowest BCUT2D eigenvalue weighted by molar-refractivity contribution is -0.132. The van der Waals surface area contributed by atoms with E-state index in [1.807, 2.05) is 11.9 Å². The monoisotopic (exact) mass is 226 g/mol. The molecule has 0 atom stereocenters. The van der Waals surface area contributed by atoms with Gasteiger partial charge in [-0.3, -0.25) is 4.79 Å². The third kappa shape index (κ3) is 4.12. The highest BCUT2D eigenvalue weighted by Gasteiger charge is 2.24. The van der Waals surface area contributed by atoms with Crippen LogP contribution in [0.1, 0.15) is 46.0 Å². The van der Waals surface area contributed by atoms with Gasteiger partial charge in [-0.2, -0.15) is 0 Å². The molecule has 0 bridgehead atoms. The number of hydrogen-bond donors (Lipinski definition) is 1. The molecule has 1 amide bonds. The van der Waals surface area contributed by atoms with Gasteiger partial charge in [0.05, 0.1) is 0 Å². The van der Waals surface area contributed by atoms with E-state index in [0.717, 1.165) is 13.0 Å². The molecular formula is C13H26N2O. The van der Waals surface area contributed by atoms with E-state index >= 15 is 0 Å². The lowest BCUT2D eigenvalue weighted by Gasteiger charge is -2.29. The average molecular weight is 226 g/mol. The van der Waals surface area contributed by atoms with E-state index in [9.17, 15) is 4.79 Å². The molecule has 1 rings (SSSR count). The molecule has 2 N–H and O–H groups in total. The molecule has 1 aliphatic carbocycles. The molecule has 0 aromatic rings. The summed E-state index contributed by atoms with van der Waals surface area (Å²) in [7, 11) is 1.90. The number of amides is 1. The van der Waals surface area contributed by atoms with Crippen LogP contribution in [-0.4, -0.2) is 30.9 Å². The van der Waals surface area contributed by atoms with Gasteiger partial charge in [-0.05, 0) is 30.7 Å². The molecule has 0 radical (unpaired) electrons. The molecule has 0 unspecified atom stereocenters. The van der Waals surface area contributed by atoms with Crippen LogP contribution in [0.15, 0.2) is 0 Å². The standard InChI is InChI=1S/C13H26N2O/c1-13(2,9-14)10-15(3)12(16)8-11-6-4-5-7-11/h11H,4-10,14H2,1-3H3. The summed E-state index contributed by atoms with van der Waals surface area (Å²) in [5, 5.41) is 0. The highest BCUT2D eigenvalue weighted by molar-refractivity contribution is 5.76. The molecule has 3 heteroatoms. The number of rotatable bonds is 5. The van der Waals surface area contributed by atoms with E-state index in [-0.39, 0.29) is 11.3 Å². The van der Waals surface area contributed by atoms with Crippen LogP contribution in [0.3, 0.4) is 0 Å². The fourth-order valence-electron chi connectivity index (χ4n) is 2.41. The Morgan fingerprint density at radius 1 is 1.38 bits per heavy atom. The van der Waals surface area contributed by atoms with E-state index < -0.39 is 0 Å². The molecule has 1 aliphatic rings. The molecule has 0 aliphatic heterocycles. The van der Waals surface area contributed by atoms with Gasteiger partial charge in [0, 0.05) is 20.0 Å². The fraction of sp³-hybridized carbons (Fsp3) is 0.923. The van der Waals surface area contributed by atoms with Crippen molar-refractivity contribution in [3.63, 3.8) is 0 Å². The Hall–Kier alpha value is -0.570. The summed E-state index contributed by atoms with van der Waals surface area (Å²) in [6, 6.07) is 0. The van der Waals surface area contributed by atoms with Crippen molar-refractivity contribution in [1.82, 2.24) is 4.90 Å².